The molecular weight excluding hydrogens is 252 g/mol. The lowest BCUT2D eigenvalue weighted by molar-refractivity contribution is -0.115. The monoisotopic (exact) mass is 262 g/mol. The summed E-state index contributed by atoms with van der Waals surface area (Å²) < 4.78 is 1.57. The van der Waals surface area contributed by atoms with Crippen molar-refractivity contribution in [2.45, 2.75) is 16.5 Å². The highest BCUT2D eigenvalue weighted by Gasteiger charge is 2.20. The molecule has 1 amide bonds. The third kappa shape index (κ3) is 1.80. The summed E-state index contributed by atoms with van der Waals surface area (Å²) in [4.78, 5) is 12.1. The number of nitrogens with two attached hydrogens (primary N) is 1. The number of carbonyl (C=O) groups excluding carboxylic acids is 1. The Hall–Kier alpha value is -2.09. The lowest BCUT2D eigenvalue weighted by Crippen LogP contribution is -2.03. The van der Waals surface area contributed by atoms with Crippen molar-refractivity contribution in [1.82, 2.24) is 20.2 Å². The first-order chi connectivity index (χ1) is 8.63. The summed E-state index contributed by atoms with van der Waals surface area (Å²) in [6, 6.07) is 3.67. The number of aryl methyl sites for hydroxylation is 1. The largest absolute Gasteiger partial charge is 0.398 e. The average molecular weight is 262 g/mol. The van der Waals surface area contributed by atoms with E-state index in [1.165, 1.54) is 11.8 Å². The molecule has 92 valence electrons. The average Bonchev–Trinajstić information content (AvgIpc) is 2.85. The Balaban J connectivity index is 1.96. The first-order valence-corrected chi connectivity index (χ1v) is 6.07. The van der Waals surface area contributed by atoms with Crippen molar-refractivity contribution in [1.29, 1.82) is 0 Å². The van der Waals surface area contributed by atoms with Gasteiger partial charge in [-0.1, -0.05) is 0 Å². The number of benzene rings is 1. The van der Waals surface area contributed by atoms with Gasteiger partial charge >= 0.3 is 0 Å². The number of nitrogen functional groups attached to an aromatic ring is 1. The van der Waals surface area contributed by atoms with Crippen LogP contribution >= 0.6 is 11.8 Å². The molecule has 0 saturated carbocycles. The number of fused-ring (bicyclic) bond motifs is 1. The van der Waals surface area contributed by atoms with Gasteiger partial charge in [-0.05, 0) is 39.9 Å². The van der Waals surface area contributed by atoms with Gasteiger partial charge in [-0.2, -0.15) is 0 Å². The van der Waals surface area contributed by atoms with Gasteiger partial charge in [0.15, 0.2) is 0 Å². The van der Waals surface area contributed by atoms with Crippen molar-refractivity contribution in [2.24, 2.45) is 7.05 Å². The Bertz CT molecular complexity index is 637. The quantitative estimate of drug-likeness (QED) is 0.762. The topological polar surface area (TPSA) is 98.7 Å². The number of carbonyl (C=O) groups is 1. The van der Waals surface area contributed by atoms with Crippen LogP contribution in [-0.4, -0.2) is 26.1 Å². The van der Waals surface area contributed by atoms with E-state index in [-0.39, 0.29) is 5.91 Å². The van der Waals surface area contributed by atoms with Crippen molar-refractivity contribution in [3.8, 4) is 0 Å². The van der Waals surface area contributed by atoms with Gasteiger partial charge in [0, 0.05) is 23.3 Å². The zero-order valence-corrected chi connectivity index (χ0v) is 10.4. The SMILES string of the molecule is Cn1nnnc1Sc1cc2c(cc1N)CC(=O)N2. The molecule has 1 aromatic carbocycles. The number of tetrazole rings is 1. The van der Waals surface area contributed by atoms with Gasteiger partial charge in [0.1, 0.15) is 0 Å². The van der Waals surface area contributed by atoms with E-state index < -0.39 is 0 Å². The summed E-state index contributed by atoms with van der Waals surface area (Å²) in [5.41, 5.74) is 8.33. The summed E-state index contributed by atoms with van der Waals surface area (Å²) in [6.07, 6.45) is 0.385. The van der Waals surface area contributed by atoms with E-state index in [0.29, 0.717) is 17.3 Å². The molecule has 0 unspecified atom stereocenters. The number of hydrogen-bond donors (Lipinski definition) is 2. The van der Waals surface area contributed by atoms with Gasteiger partial charge in [-0.3, -0.25) is 4.79 Å². The van der Waals surface area contributed by atoms with Gasteiger partial charge in [0.05, 0.1) is 6.42 Å². The second kappa shape index (κ2) is 3.98. The van der Waals surface area contributed by atoms with Gasteiger partial charge in [-0.25, -0.2) is 4.68 Å². The summed E-state index contributed by atoms with van der Waals surface area (Å²) >= 11 is 1.37. The van der Waals surface area contributed by atoms with Crippen LogP contribution in [0.4, 0.5) is 11.4 Å². The van der Waals surface area contributed by atoms with E-state index in [1.807, 2.05) is 12.1 Å². The molecule has 18 heavy (non-hydrogen) atoms. The molecule has 1 aliphatic rings. The van der Waals surface area contributed by atoms with Crippen LogP contribution in [0, 0.1) is 0 Å². The predicted molar refractivity (Wildman–Crippen MR) is 66.1 cm³/mol. The van der Waals surface area contributed by atoms with Crippen LogP contribution in [0.1, 0.15) is 5.56 Å². The molecule has 1 aliphatic heterocycles. The highest BCUT2D eigenvalue weighted by molar-refractivity contribution is 7.99. The fraction of sp³-hybridized carbons (Fsp3) is 0.200. The Labute approximate surface area is 107 Å². The molecule has 8 heteroatoms. The first kappa shape index (κ1) is 11.0. The minimum atomic E-state index is -0.00752. The van der Waals surface area contributed by atoms with Crippen molar-refractivity contribution in [2.75, 3.05) is 11.1 Å². The van der Waals surface area contributed by atoms with E-state index in [9.17, 15) is 4.79 Å². The zero-order valence-electron chi connectivity index (χ0n) is 9.54. The summed E-state index contributed by atoms with van der Waals surface area (Å²) in [7, 11) is 1.76. The van der Waals surface area contributed by atoms with E-state index in [0.717, 1.165) is 16.1 Å². The van der Waals surface area contributed by atoms with E-state index in [4.69, 9.17) is 5.73 Å². The molecule has 0 radical (unpaired) electrons. The fourth-order valence-electron chi connectivity index (χ4n) is 1.77. The highest BCUT2D eigenvalue weighted by atomic mass is 32.2. The molecule has 1 aromatic heterocycles. The maximum Gasteiger partial charge on any atom is 0.228 e. The minimum Gasteiger partial charge on any atom is -0.398 e. The second-order valence-corrected chi connectivity index (χ2v) is 4.97. The summed E-state index contributed by atoms with van der Waals surface area (Å²) in [5, 5.41) is 14.6. The van der Waals surface area contributed by atoms with Crippen molar-refractivity contribution in [3.05, 3.63) is 17.7 Å². The van der Waals surface area contributed by atoms with Crippen LogP contribution in [0.2, 0.25) is 0 Å². The number of aromatic nitrogens is 4. The fourth-order valence-corrected chi connectivity index (χ4v) is 2.56. The van der Waals surface area contributed by atoms with E-state index >= 15 is 0 Å². The molecule has 7 nitrogen and oxygen atoms in total. The Morgan fingerprint density at radius 3 is 3.06 bits per heavy atom. The Morgan fingerprint density at radius 1 is 1.50 bits per heavy atom. The number of rotatable bonds is 2. The second-order valence-electron chi connectivity index (χ2n) is 3.96. The maximum atomic E-state index is 11.3. The third-order valence-electron chi connectivity index (χ3n) is 2.64. The number of nitrogens with zero attached hydrogens (tertiary/aromatic N) is 4. The molecule has 0 atom stereocenters. The van der Waals surface area contributed by atoms with Gasteiger partial charge < -0.3 is 11.1 Å². The highest BCUT2D eigenvalue weighted by Crippen LogP contribution is 2.36. The summed E-state index contributed by atoms with van der Waals surface area (Å²) in [6.45, 7) is 0. The molecule has 0 bridgehead atoms. The van der Waals surface area contributed by atoms with Gasteiger partial charge in [0.25, 0.3) is 0 Å². The van der Waals surface area contributed by atoms with Gasteiger partial charge in [-0.15, -0.1) is 5.10 Å². The van der Waals surface area contributed by atoms with Crippen molar-refractivity contribution < 1.29 is 4.79 Å². The minimum absolute atomic E-state index is 0.00752. The number of hydrogen-bond acceptors (Lipinski definition) is 6. The lowest BCUT2D eigenvalue weighted by atomic mass is 10.1. The van der Waals surface area contributed by atoms with Crippen LogP contribution in [0.3, 0.4) is 0 Å². The van der Waals surface area contributed by atoms with Gasteiger partial charge in [0.2, 0.25) is 11.1 Å². The van der Waals surface area contributed by atoms with Crippen LogP contribution in [-0.2, 0) is 18.3 Å². The van der Waals surface area contributed by atoms with Crippen LogP contribution in [0.25, 0.3) is 0 Å². The molecule has 2 aromatic rings. The number of anilines is 2. The van der Waals surface area contributed by atoms with Crippen LogP contribution in [0.5, 0.6) is 0 Å². The van der Waals surface area contributed by atoms with E-state index in [1.54, 1.807) is 11.7 Å². The van der Waals surface area contributed by atoms with E-state index in [2.05, 4.69) is 20.8 Å². The lowest BCUT2D eigenvalue weighted by Gasteiger charge is -2.07. The molecule has 3 N–H and O–H groups in total. The van der Waals surface area contributed by atoms with Crippen molar-refractivity contribution in [3.63, 3.8) is 0 Å². The molecule has 3 rings (SSSR count). The van der Waals surface area contributed by atoms with Crippen LogP contribution < -0.4 is 11.1 Å². The molecule has 0 spiro atoms. The molecular formula is C10H10N6OS. The molecule has 0 saturated heterocycles. The summed E-state index contributed by atoms with van der Waals surface area (Å²) in [5.74, 6) is -0.00752. The number of amides is 1. The molecule has 0 aliphatic carbocycles. The van der Waals surface area contributed by atoms with Crippen molar-refractivity contribution >= 4 is 29.0 Å². The zero-order chi connectivity index (χ0) is 12.7. The third-order valence-corrected chi connectivity index (χ3v) is 3.75. The maximum absolute atomic E-state index is 11.3. The molecule has 2 heterocycles. The molecule has 0 fully saturated rings. The van der Waals surface area contributed by atoms with Crippen LogP contribution in [0.15, 0.2) is 22.2 Å². The normalized spacial score (nSPS) is 13.5. The Morgan fingerprint density at radius 2 is 2.33 bits per heavy atom. The Kier molecular flexibility index (Phi) is 2.44. The number of nitrogens with one attached hydrogen (secondary N) is 1. The first-order valence-electron chi connectivity index (χ1n) is 5.26. The standard InChI is InChI=1S/C10H10N6OS/c1-16-10(13-14-15-16)18-8-4-7-5(2-6(8)11)3-9(17)12-7/h2,4H,3,11H2,1H3,(H,12,17). The smallest absolute Gasteiger partial charge is 0.228 e. The predicted octanol–water partition coefficient (Wildman–Crippen LogP) is 0.438.